The lowest BCUT2D eigenvalue weighted by Gasteiger charge is -2.21. The summed E-state index contributed by atoms with van der Waals surface area (Å²) in [6, 6.07) is 9.69. The Morgan fingerprint density at radius 3 is 2.44 bits per heavy atom. The van der Waals surface area contributed by atoms with E-state index in [1.807, 2.05) is 37.3 Å². The van der Waals surface area contributed by atoms with Gasteiger partial charge in [0.15, 0.2) is 0 Å². The normalized spacial score (nSPS) is 12.3. The molecule has 130 valence electrons. The summed E-state index contributed by atoms with van der Waals surface area (Å²) in [6.07, 6.45) is 4.88. The zero-order valence-electron chi connectivity index (χ0n) is 14.6. The first kappa shape index (κ1) is 16.9. The second-order valence-electron chi connectivity index (χ2n) is 6.30. The zero-order chi connectivity index (χ0) is 17.8. The summed E-state index contributed by atoms with van der Waals surface area (Å²) in [5.41, 5.74) is 2.31. The number of aromatic nitrogens is 5. The first-order chi connectivity index (χ1) is 12.1. The molecule has 3 aromatic rings. The molecule has 0 aliphatic carbocycles. The topological polar surface area (TPSA) is 77.6 Å². The van der Waals surface area contributed by atoms with Gasteiger partial charge in [-0.2, -0.15) is 20.1 Å². The molecule has 1 atom stereocenters. The van der Waals surface area contributed by atoms with Gasteiger partial charge in [-0.15, -0.1) is 0 Å². The minimum absolute atomic E-state index is 0.0700. The van der Waals surface area contributed by atoms with Crippen LogP contribution in [0.4, 0.5) is 0 Å². The van der Waals surface area contributed by atoms with Crippen molar-refractivity contribution in [2.24, 2.45) is 5.92 Å². The molecule has 1 unspecified atom stereocenters. The van der Waals surface area contributed by atoms with Crippen molar-refractivity contribution >= 4 is 5.91 Å². The van der Waals surface area contributed by atoms with Crippen LogP contribution in [0, 0.1) is 12.8 Å². The number of carbonyl (C=O) groups excluding carboxylic acids is 1. The number of nitrogens with zero attached hydrogens (tertiary/aromatic N) is 5. The number of nitrogens with one attached hydrogen (secondary N) is 1. The van der Waals surface area contributed by atoms with Crippen LogP contribution < -0.4 is 5.32 Å². The number of rotatable bonds is 6. The Morgan fingerprint density at radius 1 is 1.12 bits per heavy atom. The van der Waals surface area contributed by atoms with Crippen molar-refractivity contribution in [1.29, 1.82) is 0 Å². The molecule has 1 aromatic carbocycles. The predicted molar refractivity (Wildman–Crippen MR) is 94.4 cm³/mol. The maximum absolute atomic E-state index is 12.7. The summed E-state index contributed by atoms with van der Waals surface area (Å²) in [7, 11) is 0. The second-order valence-corrected chi connectivity index (χ2v) is 6.30. The van der Waals surface area contributed by atoms with Crippen molar-refractivity contribution in [2.75, 3.05) is 0 Å². The summed E-state index contributed by atoms with van der Waals surface area (Å²) in [5, 5.41) is 15.7. The molecular formula is C18H22N6O. The van der Waals surface area contributed by atoms with Gasteiger partial charge >= 0.3 is 0 Å². The minimum Gasteiger partial charge on any atom is -0.347 e. The summed E-state index contributed by atoms with van der Waals surface area (Å²) < 4.78 is 1.77. The van der Waals surface area contributed by atoms with Crippen molar-refractivity contribution in [3.05, 3.63) is 60.2 Å². The van der Waals surface area contributed by atoms with E-state index in [0.29, 0.717) is 12.1 Å². The summed E-state index contributed by atoms with van der Waals surface area (Å²) >= 11 is 0. The zero-order valence-corrected chi connectivity index (χ0v) is 14.6. The Kier molecular flexibility index (Phi) is 4.92. The largest absolute Gasteiger partial charge is 0.347 e. The number of amides is 1. The van der Waals surface area contributed by atoms with Crippen LogP contribution in [0.1, 0.15) is 29.9 Å². The van der Waals surface area contributed by atoms with E-state index in [4.69, 9.17) is 0 Å². The van der Waals surface area contributed by atoms with E-state index in [1.165, 1.54) is 0 Å². The van der Waals surface area contributed by atoms with E-state index < -0.39 is 0 Å². The molecular weight excluding hydrogens is 316 g/mol. The van der Waals surface area contributed by atoms with Crippen LogP contribution in [0.5, 0.6) is 0 Å². The van der Waals surface area contributed by atoms with Gasteiger partial charge in [0.1, 0.15) is 0 Å². The van der Waals surface area contributed by atoms with E-state index in [0.717, 1.165) is 11.4 Å². The van der Waals surface area contributed by atoms with Crippen LogP contribution in [0.25, 0.3) is 5.69 Å². The van der Waals surface area contributed by atoms with Crippen LogP contribution in [-0.4, -0.2) is 36.7 Å². The van der Waals surface area contributed by atoms with Crippen LogP contribution >= 0.6 is 0 Å². The molecule has 0 saturated heterocycles. The van der Waals surface area contributed by atoms with Crippen LogP contribution in [-0.2, 0) is 6.54 Å². The highest BCUT2D eigenvalue weighted by Gasteiger charge is 2.21. The molecule has 2 aromatic heterocycles. The Bertz CT molecular complexity index is 823. The average molecular weight is 338 g/mol. The standard InChI is InChI=1S/C18H22N6O/c1-13(2)17(12-23-19-9-10-20-23)22-18(25)16-11-21-24(14(16)3)15-7-5-4-6-8-15/h4-11,13,17H,12H2,1-3H3,(H,22,25). The van der Waals surface area contributed by atoms with Crippen molar-refractivity contribution in [1.82, 2.24) is 30.1 Å². The number of para-hydroxylation sites is 1. The van der Waals surface area contributed by atoms with E-state index >= 15 is 0 Å². The Hall–Kier alpha value is -2.96. The van der Waals surface area contributed by atoms with Crippen molar-refractivity contribution in [3.63, 3.8) is 0 Å². The fourth-order valence-corrected chi connectivity index (χ4v) is 2.64. The molecule has 7 heteroatoms. The lowest BCUT2D eigenvalue weighted by atomic mass is 10.0. The maximum Gasteiger partial charge on any atom is 0.255 e. The van der Waals surface area contributed by atoms with Crippen molar-refractivity contribution in [3.8, 4) is 5.69 Å². The third kappa shape index (κ3) is 3.76. The van der Waals surface area contributed by atoms with Gasteiger partial charge in [-0.25, -0.2) is 4.68 Å². The predicted octanol–water partition coefficient (Wildman–Crippen LogP) is 2.23. The highest BCUT2D eigenvalue weighted by Crippen LogP contribution is 2.15. The van der Waals surface area contributed by atoms with Crippen LogP contribution in [0.15, 0.2) is 48.9 Å². The minimum atomic E-state index is -0.134. The Labute approximate surface area is 146 Å². The van der Waals surface area contributed by atoms with Gasteiger partial charge in [0.05, 0.1) is 48.1 Å². The molecule has 1 amide bonds. The smallest absolute Gasteiger partial charge is 0.255 e. The van der Waals surface area contributed by atoms with Crippen LogP contribution in [0.3, 0.4) is 0 Å². The lowest BCUT2D eigenvalue weighted by Crippen LogP contribution is -2.42. The van der Waals surface area contributed by atoms with E-state index in [-0.39, 0.29) is 17.9 Å². The van der Waals surface area contributed by atoms with Gasteiger partial charge in [-0.1, -0.05) is 32.0 Å². The monoisotopic (exact) mass is 338 g/mol. The molecule has 0 fully saturated rings. The molecule has 25 heavy (non-hydrogen) atoms. The number of benzene rings is 1. The van der Waals surface area contributed by atoms with Crippen LogP contribution in [0.2, 0.25) is 0 Å². The molecule has 0 saturated carbocycles. The molecule has 0 aliphatic heterocycles. The van der Waals surface area contributed by atoms with E-state index in [9.17, 15) is 4.79 Å². The molecule has 0 aliphatic rings. The summed E-state index contributed by atoms with van der Waals surface area (Å²) in [4.78, 5) is 14.3. The first-order valence-corrected chi connectivity index (χ1v) is 8.31. The van der Waals surface area contributed by atoms with Gasteiger partial charge in [-0.3, -0.25) is 4.79 Å². The average Bonchev–Trinajstić information content (AvgIpc) is 3.24. The van der Waals surface area contributed by atoms with Crippen molar-refractivity contribution < 1.29 is 4.79 Å². The molecule has 1 N–H and O–H groups in total. The molecule has 2 heterocycles. The van der Waals surface area contributed by atoms with Gasteiger partial charge in [0.25, 0.3) is 5.91 Å². The van der Waals surface area contributed by atoms with Gasteiger partial charge in [0, 0.05) is 0 Å². The van der Waals surface area contributed by atoms with E-state index in [1.54, 1.807) is 28.1 Å². The van der Waals surface area contributed by atoms with Crippen molar-refractivity contribution in [2.45, 2.75) is 33.4 Å². The molecule has 0 radical (unpaired) electrons. The molecule has 3 rings (SSSR count). The SMILES string of the molecule is Cc1c(C(=O)NC(Cn2nccn2)C(C)C)cnn1-c1ccccc1. The summed E-state index contributed by atoms with van der Waals surface area (Å²) in [5.74, 6) is 0.116. The highest BCUT2D eigenvalue weighted by molar-refractivity contribution is 5.95. The third-order valence-electron chi connectivity index (χ3n) is 4.20. The number of hydrogen-bond acceptors (Lipinski definition) is 4. The van der Waals surface area contributed by atoms with Gasteiger partial charge < -0.3 is 5.32 Å². The lowest BCUT2D eigenvalue weighted by molar-refractivity contribution is 0.0917. The maximum atomic E-state index is 12.7. The molecule has 7 nitrogen and oxygen atoms in total. The highest BCUT2D eigenvalue weighted by atomic mass is 16.1. The fraction of sp³-hybridized carbons (Fsp3) is 0.333. The Morgan fingerprint density at radius 2 is 1.80 bits per heavy atom. The fourth-order valence-electron chi connectivity index (χ4n) is 2.64. The Balaban J connectivity index is 1.77. The number of carbonyl (C=O) groups is 1. The van der Waals surface area contributed by atoms with Gasteiger partial charge in [-0.05, 0) is 25.0 Å². The first-order valence-electron chi connectivity index (χ1n) is 8.31. The van der Waals surface area contributed by atoms with E-state index in [2.05, 4.69) is 34.5 Å². The second kappa shape index (κ2) is 7.29. The molecule has 0 spiro atoms. The quantitative estimate of drug-likeness (QED) is 0.747. The molecule has 0 bridgehead atoms. The third-order valence-corrected chi connectivity index (χ3v) is 4.20. The number of hydrogen-bond donors (Lipinski definition) is 1. The summed E-state index contributed by atoms with van der Waals surface area (Å²) in [6.45, 7) is 6.56. The van der Waals surface area contributed by atoms with Gasteiger partial charge in [0.2, 0.25) is 0 Å².